The highest BCUT2D eigenvalue weighted by Gasteiger charge is 2.54. The number of nitrogens with zero attached hydrogens (tertiary/aromatic N) is 2. The Morgan fingerprint density at radius 1 is 1.31 bits per heavy atom. The largest absolute Gasteiger partial charge is 0.475 e. The van der Waals surface area contributed by atoms with Crippen LogP contribution in [-0.2, 0) is 27.7 Å². The van der Waals surface area contributed by atoms with Crippen molar-refractivity contribution in [3.8, 4) is 0 Å². The van der Waals surface area contributed by atoms with Gasteiger partial charge in [0.05, 0.1) is 19.3 Å². The molecule has 3 aliphatic rings. The molecule has 1 aliphatic carbocycles. The lowest BCUT2D eigenvalue weighted by Gasteiger charge is -2.30. The maximum atomic E-state index is 13.2. The number of rotatable bonds is 7. The molecular formula is C25H31ClN3O9P. The summed E-state index contributed by atoms with van der Waals surface area (Å²) in [5.74, 6) is -0.201. The topological polar surface area (TPSA) is 158 Å². The van der Waals surface area contributed by atoms with Gasteiger partial charge in [-0.1, -0.05) is 36.6 Å². The normalized spacial score (nSPS) is 33.3. The summed E-state index contributed by atoms with van der Waals surface area (Å²) in [6.45, 7) is 0.952. The monoisotopic (exact) mass is 583 g/mol. The van der Waals surface area contributed by atoms with Crippen molar-refractivity contribution in [2.45, 2.75) is 69.2 Å². The average molecular weight is 584 g/mol. The van der Waals surface area contributed by atoms with Crippen LogP contribution in [0, 0.1) is 5.92 Å². The Morgan fingerprint density at radius 2 is 2.08 bits per heavy atom. The third kappa shape index (κ3) is 6.13. The van der Waals surface area contributed by atoms with E-state index in [9.17, 15) is 24.4 Å². The van der Waals surface area contributed by atoms with Crippen LogP contribution in [0.3, 0.4) is 0 Å². The molecule has 3 fully saturated rings. The number of aliphatic hydroxyl groups excluding tert-OH is 1. The summed E-state index contributed by atoms with van der Waals surface area (Å²) < 4.78 is 36.3. The Hall–Kier alpha value is -2.15. The molecule has 6 atom stereocenters. The number of aromatic nitrogens is 2. The number of phosphoric ester groups is 1. The minimum atomic E-state index is -4.04. The van der Waals surface area contributed by atoms with Gasteiger partial charge >= 0.3 is 13.5 Å². The zero-order valence-corrected chi connectivity index (χ0v) is 22.9. The number of amides is 1. The van der Waals surface area contributed by atoms with E-state index in [0.717, 1.165) is 30.3 Å². The average Bonchev–Trinajstić information content (AvgIpc) is 3.51. The zero-order chi connectivity index (χ0) is 27.8. The number of aliphatic hydroxyl groups is 2. The van der Waals surface area contributed by atoms with Gasteiger partial charge in [-0.15, -0.1) is 0 Å². The van der Waals surface area contributed by atoms with E-state index in [-0.39, 0.29) is 24.2 Å². The fraction of sp³-hybridized carbons (Fsp3) is 0.560. The van der Waals surface area contributed by atoms with Gasteiger partial charge in [0, 0.05) is 23.6 Å². The predicted molar refractivity (Wildman–Crippen MR) is 139 cm³/mol. The van der Waals surface area contributed by atoms with Crippen LogP contribution in [0.2, 0.25) is 5.02 Å². The van der Waals surface area contributed by atoms with Gasteiger partial charge < -0.3 is 20.3 Å². The van der Waals surface area contributed by atoms with Gasteiger partial charge in [-0.25, -0.2) is 9.36 Å². The number of ether oxygens (including phenoxy) is 1. The first-order valence-electron chi connectivity index (χ1n) is 12.8. The SMILES string of the molecule is C[C@@]1(O)[C@H](O)[C@@H](COP2(=O)OCC[C@@H](c3cccc(Cl)c3)O2)O[C@H]1n1ccc(NC(=O)C2CCCC2)nc1=O. The number of carbonyl (C=O) groups is 1. The van der Waals surface area contributed by atoms with Gasteiger partial charge in [0.1, 0.15) is 23.6 Å². The maximum absolute atomic E-state index is 13.2. The summed E-state index contributed by atoms with van der Waals surface area (Å²) in [5.41, 5.74) is -2.01. The molecule has 39 heavy (non-hydrogen) atoms. The van der Waals surface area contributed by atoms with Gasteiger partial charge in [-0.3, -0.25) is 22.9 Å². The molecule has 0 radical (unpaired) electrons. The molecule has 1 aromatic carbocycles. The molecule has 1 unspecified atom stereocenters. The van der Waals surface area contributed by atoms with Crippen LogP contribution in [-0.4, -0.2) is 56.7 Å². The van der Waals surface area contributed by atoms with Crippen LogP contribution in [0.5, 0.6) is 0 Å². The minimum Gasteiger partial charge on any atom is -0.387 e. The van der Waals surface area contributed by atoms with Crippen molar-refractivity contribution in [1.29, 1.82) is 0 Å². The van der Waals surface area contributed by atoms with Crippen molar-refractivity contribution in [3.63, 3.8) is 0 Å². The second kappa shape index (κ2) is 11.4. The number of halogens is 1. The van der Waals surface area contributed by atoms with Crippen molar-refractivity contribution < 1.29 is 37.9 Å². The summed E-state index contributed by atoms with van der Waals surface area (Å²) in [6.07, 6.45) is 0.717. The summed E-state index contributed by atoms with van der Waals surface area (Å²) in [6, 6.07) is 8.37. The highest BCUT2D eigenvalue weighted by molar-refractivity contribution is 7.48. The molecule has 212 valence electrons. The van der Waals surface area contributed by atoms with E-state index in [1.165, 1.54) is 19.2 Å². The highest BCUT2D eigenvalue weighted by atomic mass is 35.5. The fourth-order valence-corrected chi connectivity index (χ4v) is 6.72. The summed E-state index contributed by atoms with van der Waals surface area (Å²) in [5, 5.41) is 25.0. The molecule has 2 saturated heterocycles. The van der Waals surface area contributed by atoms with Crippen LogP contribution in [0.1, 0.15) is 56.9 Å². The molecule has 14 heteroatoms. The Balaban J connectivity index is 1.24. The molecule has 5 rings (SSSR count). The van der Waals surface area contributed by atoms with Gasteiger partial charge in [0.25, 0.3) is 0 Å². The molecule has 0 spiro atoms. The van der Waals surface area contributed by atoms with Crippen LogP contribution >= 0.6 is 19.4 Å². The van der Waals surface area contributed by atoms with E-state index >= 15 is 0 Å². The van der Waals surface area contributed by atoms with E-state index in [2.05, 4.69) is 10.3 Å². The van der Waals surface area contributed by atoms with E-state index < -0.39 is 50.3 Å². The Kier molecular flexibility index (Phi) is 8.28. The first-order chi connectivity index (χ1) is 18.6. The van der Waals surface area contributed by atoms with E-state index in [4.69, 9.17) is 29.9 Å². The predicted octanol–water partition coefficient (Wildman–Crippen LogP) is 3.34. The van der Waals surface area contributed by atoms with Crippen molar-refractivity contribution >= 4 is 31.1 Å². The van der Waals surface area contributed by atoms with Crippen LogP contribution in [0.4, 0.5) is 5.82 Å². The number of hydrogen-bond acceptors (Lipinski definition) is 10. The molecule has 2 aliphatic heterocycles. The molecule has 3 N–H and O–H groups in total. The number of benzene rings is 1. The summed E-state index contributed by atoms with van der Waals surface area (Å²) >= 11 is 6.06. The smallest absolute Gasteiger partial charge is 0.387 e. The minimum absolute atomic E-state index is 0.0881. The van der Waals surface area contributed by atoms with E-state index in [0.29, 0.717) is 17.0 Å². The standard InChI is InChI=1S/C25H31ClN3O9P/c1-25(33)21(30)19(14-36-39(34)35-12-10-18(38-39)16-7-4-8-17(26)13-16)37-23(25)29-11-9-20(28-24(29)32)27-22(31)15-5-2-3-6-15/h4,7-9,11,13,15,18-19,21,23,30,33H,2-3,5-6,10,12,14H2,1H3,(H,27,28,31,32)/t18-,19+,21+,23+,25+,39?/m0/s1. The lowest BCUT2D eigenvalue weighted by atomic mass is 9.96. The number of anilines is 1. The Bertz CT molecular complexity index is 1320. The summed E-state index contributed by atoms with van der Waals surface area (Å²) in [4.78, 5) is 29.1. The summed E-state index contributed by atoms with van der Waals surface area (Å²) in [7, 11) is -4.04. The van der Waals surface area contributed by atoms with Gasteiger partial charge in [0.2, 0.25) is 5.91 Å². The Labute approximate surface area is 229 Å². The Morgan fingerprint density at radius 3 is 2.79 bits per heavy atom. The van der Waals surface area contributed by atoms with E-state index in [1.54, 1.807) is 24.3 Å². The molecular weight excluding hydrogens is 553 g/mol. The highest BCUT2D eigenvalue weighted by Crippen LogP contribution is 2.57. The first kappa shape index (κ1) is 28.4. The van der Waals surface area contributed by atoms with Crippen molar-refractivity contribution in [2.24, 2.45) is 5.92 Å². The molecule has 3 heterocycles. The zero-order valence-electron chi connectivity index (χ0n) is 21.3. The lowest BCUT2D eigenvalue weighted by molar-refractivity contribution is -0.119. The third-order valence-electron chi connectivity index (χ3n) is 7.32. The van der Waals surface area contributed by atoms with Crippen LogP contribution < -0.4 is 11.0 Å². The molecule has 12 nitrogen and oxygen atoms in total. The van der Waals surface area contributed by atoms with Crippen molar-refractivity contribution in [2.75, 3.05) is 18.5 Å². The number of phosphoric acid groups is 1. The molecule has 0 bridgehead atoms. The van der Waals surface area contributed by atoms with Crippen molar-refractivity contribution in [1.82, 2.24) is 9.55 Å². The van der Waals surface area contributed by atoms with Gasteiger partial charge in [-0.2, -0.15) is 4.98 Å². The lowest BCUT2D eigenvalue weighted by Crippen LogP contribution is -2.46. The van der Waals surface area contributed by atoms with Crippen LogP contribution in [0.15, 0.2) is 41.3 Å². The number of nitrogens with one attached hydrogen (secondary N) is 1. The molecule has 1 amide bonds. The van der Waals surface area contributed by atoms with E-state index in [1.807, 2.05) is 0 Å². The van der Waals surface area contributed by atoms with Gasteiger partial charge in [0.15, 0.2) is 6.23 Å². The maximum Gasteiger partial charge on any atom is 0.475 e. The molecule has 1 saturated carbocycles. The van der Waals surface area contributed by atoms with Crippen LogP contribution in [0.25, 0.3) is 0 Å². The fourth-order valence-electron chi connectivity index (χ4n) is 5.13. The number of carbonyl (C=O) groups excluding carboxylic acids is 1. The second-order valence-electron chi connectivity index (χ2n) is 10.2. The molecule has 2 aromatic rings. The molecule has 1 aromatic heterocycles. The first-order valence-corrected chi connectivity index (χ1v) is 14.7. The van der Waals surface area contributed by atoms with Crippen molar-refractivity contribution in [3.05, 3.63) is 57.6 Å². The number of hydrogen-bond donors (Lipinski definition) is 3. The van der Waals surface area contributed by atoms with Gasteiger partial charge in [-0.05, 0) is 43.5 Å². The third-order valence-corrected chi connectivity index (χ3v) is 9.03. The second-order valence-corrected chi connectivity index (χ2v) is 12.2. The quantitative estimate of drug-likeness (QED) is 0.413.